The Bertz CT molecular complexity index is 941. The number of fused-ring (bicyclic) bond motifs is 1. The van der Waals surface area contributed by atoms with E-state index < -0.39 is 0 Å². The molecule has 2 N–H and O–H groups in total. The molecule has 1 unspecified atom stereocenters. The number of carbonyl (C=O) groups excluding carboxylic acids is 1. The van der Waals surface area contributed by atoms with Crippen LogP contribution in [0.2, 0.25) is 0 Å². The van der Waals surface area contributed by atoms with E-state index in [0.717, 1.165) is 45.1 Å². The third-order valence-corrected chi connectivity index (χ3v) is 6.55. The van der Waals surface area contributed by atoms with Gasteiger partial charge >= 0.3 is 0 Å². The molecule has 1 atom stereocenters. The Labute approximate surface area is 198 Å². The number of benzene rings is 2. The minimum atomic E-state index is 0.148. The summed E-state index contributed by atoms with van der Waals surface area (Å²) in [7, 11) is 0. The van der Waals surface area contributed by atoms with Crippen LogP contribution in [-0.4, -0.2) is 42.9 Å². The lowest BCUT2D eigenvalue weighted by Gasteiger charge is -2.22. The van der Waals surface area contributed by atoms with Gasteiger partial charge in [0.05, 0.1) is 6.04 Å². The number of nitrogens with one attached hydrogen (secondary N) is 2. The highest BCUT2D eigenvalue weighted by Crippen LogP contribution is 2.24. The van der Waals surface area contributed by atoms with Crippen molar-refractivity contribution in [3.63, 3.8) is 0 Å². The fourth-order valence-electron chi connectivity index (χ4n) is 4.66. The zero-order valence-electron chi connectivity index (χ0n) is 20.0. The van der Waals surface area contributed by atoms with Crippen molar-refractivity contribution in [3.8, 4) is 0 Å². The molecule has 2 aliphatic heterocycles. The summed E-state index contributed by atoms with van der Waals surface area (Å²) in [5.41, 5.74) is 5.10. The Morgan fingerprint density at radius 1 is 1.06 bits per heavy atom. The van der Waals surface area contributed by atoms with Gasteiger partial charge in [-0.15, -0.1) is 0 Å². The van der Waals surface area contributed by atoms with Gasteiger partial charge in [0.1, 0.15) is 0 Å². The first-order chi connectivity index (χ1) is 16.1. The highest BCUT2D eigenvalue weighted by molar-refractivity contribution is 5.80. The molecule has 1 saturated heterocycles. The normalized spacial score (nSPS) is 16.6. The zero-order valence-corrected chi connectivity index (χ0v) is 20.0. The molecule has 1 fully saturated rings. The van der Waals surface area contributed by atoms with Gasteiger partial charge in [0.25, 0.3) is 0 Å². The van der Waals surface area contributed by atoms with Crippen molar-refractivity contribution in [2.45, 2.75) is 58.7 Å². The molecule has 176 valence electrons. The maximum Gasteiger partial charge on any atom is 0.223 e. The van der Waals surface area contributed by atoms with Crippen molar-refractivity contribution in [3.05, 3.63) is 65.2 Å². The summed E-state index contributed by atoms with van der Waals surface area (Å²) in [4.78, 5) is 21.8. The number of hydrogen-bond acceptors (Lipinski definition) is 3. The third-order valence-electron chi connectivity index (χ3n) is 6.55. The van der Waals surface area contributed by atoms with Crippen LogP contribution in [-0.2, 0) is 17.9 Å². The summed E-state index contributed by atoms with van der Waals surface area (Å²) in [5, 5.41) is 6.87. The van der Waals surface area contributed by atoms with Crippen molar-refractivity contribution >= 4 is 17.6 Å². The summed E-state index contributed by atoms with van der Waals surface area (Å²) >= 11 is 0. The predicted molar refractivity (Wildman–Crippen MR) is 135 cm³/mol. The number of carbonyl (C=O) groups is 1. The van der Waals surface area contributed by atoms with E-state index in [4.69, 9.17) is 4.99 Å². The summed E-state index contributed by atoms with van der Waals surface area (Å²) in [6, 6.07) is 17.3. The maximum absolute atomic E-state index is 12.6. The van der Waals surface area contributed by atoms with Crippen LogP contribution in [0.3, 0.4) is 0 Å². The van der Waals surface area contributed by atoms with E-state index in [1.807, 2.05) is 17.0 Å². The molecule has 0 aliphatic carbocycles. The van der Waals surface area contributed by atoms with Crippen molar-refractivity contribution in [2.24, 2.45) is 4.99 Å². The Morgan fingerprint density at radius 3 is 2.48 bits per heavy atom. The zero-order chi connectivity index (χ0) is 23.0. The highest BCUT2D eigenvalue weighted by Gasteiger charge is 2.22. The maximum atomic E-state index is 12.6. The molecule has 0 aromatic heterocycles. The van der Waals surface area contributed by atoms with Gasteiger partial charge in [-0.3, -0.25) is 9.79 Å². The molecule has 6 nitrogen and oxygen atoms in total. The summed E-state index contributed by atoms with van der Waals surface area (Å²) < 4.78 is 0. The van der Waals surface area contributed by atoms with Gasteiger partial charge in [-0.25, -0.2) is 0 Å². The second-order valence-electron chi connectivity index (χ2n) is 9.04. The summed E-state index contributed by atoms with van der Waals surface area (Å²) in [6.07, 6.45) is 3.84. The minimum Gasteiger partial charge on any atom is -0.372 e. The standard InChI is InChI=1S/C27H37N5O/c1-3-28-27(30-21(2)22-12-8-13-25(18-22)31-16-6-7-17-31)29-15-9-14-26(33)32-19-23-10-4-5-11-24(23)20-32/h4-5,8,10-13,18,21H,3,6-7,9,14-17,19-20H2,1-2H3,(H2,28,29,30). The van der Waals surface area contributed by atoms with E-state index in [1.54, 1.807) is 0 Å². The first-order valence-corrected chi connectivity index (χ1v) is 12.4. The van der Waals surface area contributed by atoms with Crippen molar-refractivity contribution in [2.75, 3.05) is 31.1 Å². The van der Waals surface area contributed by atoms with Crippen LogP contribution in [0, 0.1) is 0 Å². The number of rotatable bonds is 8. The molecule has 0 bridgehead atoms. The van der Waals surface area contributed by atoms with Gasteiger partial charge < -0.3 is 20.4 Å². The largest absolute Gasteiger partial charge is 0.372 e. The second-order valence-corrected chi connectivity index (χ2v) is 9.04. The highest BCUT2D eigenvalue weighted by atomic mass is 16.2. The predicted octanol–water partition coefficient (Wildman–Crippen LogP) is 4.23. The number of nitrogens with zero attached hydrogens (tertiary/aromatic N) is 3. The SMILES string of the molecule is CCNC(=NCCCC(=O)N1Cc2ccccc2C1)NC(C)c1cccc(N2CCCC2)c1. The molecule has 6 heteroatoms. The van der Waals surface area contributed by atoms with Crippen LogP contribution >= 0.6 is 0 Å². The van der Waals surface area contributed by atoms with E-state index in [9.17, 15) is 4.79 Å². The van der Waals surface area contributed by atoms with Crippen molar-refractivity contribution in [1.82, 2.24) is 15.5 Å². The lowest BCUT2D eigenvalue weighted by molar-refractivity contribution is -0.131. The fraction of sp³-hybridized carbons (Fsp3) is 0.481. The smallest absolute Gasteiger partial charge is 0.223 e. The number of amides is 1. The van der Waals surface area contributed by atoms with Gasteiger partial charge in [-0.2, -0.15) is 0 Å². The Kier molecular flexibility index (Phi) is 7.87. The van der Waals surface area contributed by atoms with Crippen LogP contribution in [0.25, 0.3) is 0 Å². The molecule has 2 aliphatic rings. The number of aliphatic imine (C=N–C) groups is 1. The lowest BCUT2D eigenvalue weighted by atomic mass is 10.1. The van der Waals surface area contributed by atoms with Crippen LogP contribution in [0.15, 0.2) is 53.5 Å². The molecular weight excluding hydrogens is 410 g/mol. The van der Waals surface area contributed by atoms with Gasteiger partial charge in [-0.05, 0) is 61.9 Å². The summed E-state index contributed by atoms with van der Waals surface area (Å²) in [5.74, 6) is 1.02. The summed E-state index contributed by atoms with van der Waals surface area (Å²) in [6.45, 7) is 9.44. The monoisotopic (exact) mass is 447 g/mol. The average Bonchev–Trinajstić information content (AvgIpc) is 3.52. The van der Waals surface area contributed by atoms with Gasteiger partial charge in [0.2, 0.25) is 5.91 Å². The minimum absolute atomic E-state index is 0.148. The van der Waals surface area contributed by atoms with E-state index >= 15 is 0 Å². The third kappa shape index (κ3) is 6.06. The number of guanidine groups is 1. The molecule has 33 heavy (non-hydrogen) atoms. The quantitative estimate of drug-likeness (QED) is 0.361. The van der Waals surface area contributed by atoms with Crippen LogP contribution < -0.4 is 15.5 Å². The molecule has 2 aromatic rings. The molecule has 1 amide bonds. The first kappa shape index (κ1) is 23.1. The van der Waals surface area contributed by atoms with Crippen molar-refractivity contribution < 1.29 is 4.79 Å². The fourth-order valence-corrected chi connectivity index (χ4v) is 4.66. The van der Waals surface area contributed by atoms with E-state index in [-0.39, 0.29) is 11.9 Å². The van der Waals surface area contributed by atoms with Crippen LogP contribution in [0.4, 0.5) is 5.69 Å². The Morgan fingerprint density at radius 2 is 1.79 bits per heavy atom. The Hall–Kier alpha value is -3.02. The van der Waals surface area contributed by atoms with E-state index in [1.165, 1.54) is 35.2 Å². The first-order valence-electron chi connectivity index (χ1n) is 12.4. The molecule has 2 aromatic carbocycles. The topological polar surface area (TPSA) is 60.0 Å². The average molecular weight is 448 g/mol. The van der Waals surface area contributed by atoms with E-state index in [0.29, 0.717) is 13.0 Å². The molecule has 0 saturated carbocycles. The number of hydrogen-bond donors (Lipinski definition) is 2. The van der Waals surface area contributed by atoms with Crippen LogP contribution in [0.1, 0.15) is 62.3 Å². The van der Waals surface area contributed by atoms with Crippen LogP contribution in [0.5, 0.6) is 0 Å². The lowest BCUT2D eigenvalue weighted by Crippen LogP contribution is -2.39. The molecule has 2 heterocycles. The Balaban J connectivity index is 1.27. The molecule has 4 rings (SSSR count). The molecular formula is C27H37N5O. The van der Waals surface area contributed by atoms with Gasteiger partial charge in [0.15, 0.2) is 5.96 Å². The van der Waals surface area contributed by atoms with Crippen molar-refractivity contribution in [1.29, 1.82) is 0 Å². The second kappa shape index (κ2) is 11.2. The van der Waals surface area contributed by atoms with Gasteiger partial charge in [-0.1, -0.05) is 36.4 Å². The molecule has 0 spiro atoms. The van der Waals surface area contributed by atoms with Gasteiger partial charge in [0, 0.05) is 51.4 Å². The van der Waals surface area contributed by atoms with E-state index in [2.05, 4.69) is 65.8 Å². The number of anilines is 1. The molecule has 0 radical (unpaired) electrons.